The number of nitrogens with one attached hydrogen (secondary N) is 1. The summed E-state index contributed by atoms with van der Waals surface area (Å²) in [6, 6.07) is 7.69. The molecule has 7 nitrogen and oxygen atoms in total. The van der Waals surface area contributed by atoms with Crippen molar-refractivity contribution in [3.05, 3.63) is 72.3 Å². The predicted octanol–water partition coefficient (Wildman–Crippen LogP) is 4.00. The maximum Gasteiger partial charge on any atom is 0.330 e. The van der Waals surface area contributed by atoms with Crippen molar-refractivity contribution in [2.75, 3.05) is 13.2 Å². The maximum absolute atomic E-state index is 12.3. The third kappa shape index (κ3) is 10.3. The van der Waals surface area contributed by atoms with Gasteiger partial charge in [0, 0.05) is 31.6 Å². The molecular weight excluding hydrogens is 418 g/mol. The lowest BCUT2D eigenvalue weighted by atomic mass is 10.0. The van der Waals surface area contributed by atoms with Crippen molar-refractivity contribution in [3.8, 4) is 0 Å². The number of hydrogen-bond donors (Lipinski definition) is 1. The summed E-state index contributed by atoms with van der Waals surface area (Å²) >= 11 is 0. The molecule has 1 aromatic heterocycles. The number of imidazole rings is 1. The number of nitrogens with zero attached hydrogens (tertiary/aromatic N) is 2. The molecule has 0 amide bonds. The summed E-state index contributed by atoms with van der Waals surface area (Å²) in [6.45, 7) is 10.7. The Hall–Kier alpha value is -3.19. The summed E-state index contributed by atoms with van der Waals surface area (Å²) in [5.74, 6) is -0.676. The number of ether oxygens (including phenoxy) is 2. The van der Waals surface area contributed by atoms with Crippen LogP contribution in [0.3, 0.4) is 0 Å². The van der Waals surface area contributed by atoms with Gasteiger partial charge in [0.2, 0.25) is 0 Å². The first-order chi connectivity index (χ1) is 15.6. The second-order valence-electron chi connectivity index (χ2n) is 9.08. The van der Waals surface area contributed by atoms with Crippen molar-refractivity contribution >= 4 is 18.0 Å². The van der Waals surface area contributed by atoms with E-state index in [1.807, 2.05) is 63.6 Å². The first-order valence-corrected chi connectivity index (χ1v) is 11.1. The molecule has 0 fully saturated rings. The summed E-state index contributed by atoms with van der Waals surface area (Å²) in [5, 5.41) is 3.12. The van der Waals surface area contributed by atoms with Gasteiger partial charge in [-0.05, 0) is 50.0 Å². The Morgan fingerprint density at radius 2 is 2.00 bits per heavy atom. The van der Waals surface area contributed by atoms with Gasteiger partial charge in [0.25, 0.3) is 0 Å². The fraction of sp³-hybridized carbons (Fsp3) is 0.423. The molecule has 2 rings (SSSR count). The van der Waals surface area contributed by atoms with Crippen molar-refractivity contribution < 1.29 is 19.1 Å². The fourth-order valence-corrected chi connectivity index (χ4v) is 3.06. The molecule has 1 heterocycles. The number of aromatic nitrogens is 2. The SMILES string of the molecule is CC(C)[C@@H](NCC=CC(=O)OCC=Cc1cccc(Cn2ccnc2)c1)C(=O)OC(C)(C)C. The van der Waals surface area contributed by atoms with E-state index in [9.17, 15) is 9.59 Å². The summed E-state index contributed by atoms with van der Waals surface area (Å²) < 4.78 is 12.7. The van der Waals surface area contributed by atoms with Crippen LogP contribution in [0.4, 0.5) is 0 Å². The van der Waals surface area contributed by atoms with E-state index in [0.717, 1.165) is 17.7 Å². The molecule has 2 aromatic rings. The number of esters is 2. The molecule has 0 saturated carbocycles. The molecule has 0 saturated heterocycles. The van der Waals surface area contributed by atoms with Crippen molar-refractivity contribution in [2.45, 2.75) is 52.8 Å². The highest BCUT2D eigenvalue weighted by molar-refractivity contribution is 5.82. The highest BCUT2D eigenvalue weighted by atomic mass is 16.6. The topological polar surface area (TPSA) is 82.5 Å². The first kappa shape index (κ1) is 26.1. The monoisotopic (exact) mass is 453 g/mol. The van der Waals surface area contributed by atoms with E-state index < -0.39 is 17.6 Å². The smallest absolute Gasteiger partial charge is 0.330 e. The molecule has 0 unspecified atom stereocenters. The minimum Gasteiger partial charge on any atom is -0.459 e. The quantitative estimate of drug-likeness (QED) is 0.409. The van der Waals surface area contributed by atoms with Crippen LogP contribution < -0.4 is 5.32 Å². The molecule has 0 aliphatic heterocycles. The van der Waals surface area contributed by atoms with Gasteiger partial charge in [-0.25, -0.2) is 9.78 Å². The lowest BCUT2D eigenvalue weighted by Crippen LogP contribution is -2.44. The Kier molecular flexibility index (Phi) is 10.1. The number of rotatable bonds is 11. The Bertz CT molecular complexity index is 941. The molecule has 178 valence electrons. The fourth-order valence-electron chi connectivity index (χ4n) is 3.06. The lowest BCUT2D eigenvalue weighted by Gasteiger charge is -2.26. The zero-order chi connectivity index (χ0) is 24.3. The molecule has 0 aliphatic rings. The number of benzene rings is 1. The molecule has 1 atom stereocenters. The normalized spacial score (nSPS) is 13.0. The van der Waals surface area contributed by atoms with Gasteiger partial charge >= 0.3 is 11.9 Å². The van der Waals surface area contributed by atoms with Crippen LogP contribution in [-0.4, -0.2) is 46.3 Å². The van der Waals surface area contributed by atoms with Gasteiger partial charge in [0.1, 0.15) is 18.2 Å². The molecule has 0 bridgehead atoms. The van der Waals surface area contributed by atoms with Gasteiger partial charge in [0.05, 0.1) is 6.33 Å². The Labute approximate surface area is 196 Å². The standard InChI is InChI=1S/C26H35N3O4/c1-20(2)24(25(31)33-26(3,4)5)28-13-7-12-23(30)32-16-8-11-21-9-6-10-22(17-21)18-29-15-14-27-19-29/h6-12,14-15,17,19-20,24,28H,13,16,18H2,1-5H3/t24-/m1/s1. The van der Waals surface area contributed by atoms with Crippen LogP contribution in [0, 0.1) is 5.92 Å². The average molecular weight is 454 g/mol. The molecular formula is C26H35N3O4. The van der Waals surface area contributed by atoms with Crippen LogP contribution in [0.25, 0.3) is 6.08 Å². The second-order valence-corrected chi connectivity index (χ2v) is 9.08. The molecule has 1 aromatic carbocycles. The summed E-state index contributed by atoms with van der Waals surface area (Å²) in [7, 11) is 0. The van der Waals surface area contributed by atoms with Crippen LogP contribution in [0.5, 0.6) is 0 Å². The highest BCUT2D eigenvalue weighted by Crippen LogP contribution is 2.12. The lowest BCUT2D eigenvalue weighted by molar-refractivity contribution is -0.158. The molecule has 1 N–H and O–H groups in total. The van der Waals surface area contributed by atoms with Gasteiger partial charge in [-0.1, -0.05) is 44.2 Å². The van der Waals surface area contributed by atoms with Gasteiger partial charge in [-0.2, -0.15) is 0 Å². The van der Waals surface area contributed by atoms with E-state index in [-0.39, 0.29) is 18.5 Å². The van der Waals surface area contributed by atoms with Crippen LogP contribution in [0.15, 0.2) is 61.2 Å². The highest BCUT2D eigenvalue weighted by Gasteiger charge is 2.26. The first-order valence-electron chi connectivity index (χ1n) is 11.1. The Balaban J connectivity index is 1.74. The zero-order valence-corrected chi connectivity index (χ0v) is 20.2. The number of carbonyl (C=O) groups is 2. The van der Waals surface area contributed by atoms with E-state index in [1.54, 1.807) is 24.7 Å². The van der Waals surface area contributed by atoms with E-state index >= 15 is 0 Å². The summed E-state index contributed by atoms with van der Waals surface area (Å²) in [6.07, 6.45) is 12.2. The average Bonchev–Trinajstić information content (AvgIpc) is 3.22. The molecule has 33 heavy (non-hydrogen) atoms. The van der Waals surface area contributed by atoms with Crippen molar-refractivity contribution in [1.29, 1.82) is 0 Å². The largest absolute Gasteiger partial charge is 0.459 e. The van der Waals surface area contributed by atoms with Crippen LogP contribution in [0.1, 0.15) is 45.7 Å². The number of carbonyl (C=O) groups excluding carboxylic acids is 2. The minimum absolute atomic E-state index is 0.0591. The van der Waals surface area contributed by atoms with Crippen LogP contribution >= 0.6 is 0 Å². The van der Waals surface area contributed by atoms with Gasteiger partial charge in [0.15, 0.2) is 0 Å². The predicted molar refractivity (Wildman–Crippen MR) is 129 cm³/mol. The summed E-state index contributed by atoms with van der Waals surface area (Å²) in [4.78, 5) is 28.3. The van der Waals surface area contributed by atoms with E-state index in [4.69, 9.17) is 9.47 Å². The summed E-state index contributed by atoms with van der Waals surface area (Å²) in [5.41, 5.74) is 1.65. The number of hydrogen-bond acceptors (Lipinski definition) is 6. The Morgan fingerprint density at radius 3 is 2.67 bits per heavy atom. The third-order valence-corrected chi connectivity index (χ3v) is 4.54. The molecule has 0 aliphatic carbocycles. The maximum atomic E-state index is 12.3. The van der Waals surface area contributed by atoms with Crippen molar-refractivity contribution in [2.24, 2.45) is 5.92 Å². The van der Waals surface area contributed by atoms with Crippen LogP contribution in [-0.2, 0) is 25.6 Å². The van der Waals surface area contributed by atoms with E-state index in [2.05, 4.69) is 22.4 Å². The Morgan fingerprint density at radius 1 is 1.21 bits per heavy atom. The van der Waals surface area contributed by atoms with E-state index in [0.29, 0.717) is 6.54 Å². The van der Waals surface area contributed by atoms with Gasteiger partial charge in [-0.15, -0.1) is 0 Å². The van der Waals surface area contributed by atoms with Crippen molar-refractivity contribution in [3.63, 3.8) is 0 Å². The molecule has 0 radical (unpaired) electrons. The van der Waals surface area contributed by atoms with Crippen molar-refractivity contribution in [1.82, 2.24) is 14.9 Å². The zero-order valence-electron chi connectivity index (χ0n) is 20.2. The molecule has 0 spiro atoms. The van der Waals surface area contributed by atoms with Gasteiger partial charge in [-0.3, -0.25) is 4.79 Å². The third-order valence-electron chi connectivity index (χ3n) is 4.54. The molecule has 7 heteroatoms. The van der Waals surface area contributed by atoms with Crippen LogP contribution in [0.2, 0.25) is 0 Å². The van der Waals surface area contributed by atoms with E-state index in [1.165, 1.54) is 6.08 Å². The second kappa shape index (κ2) is 12.7. The minimum atomic E-state index is -0.541. The van der Waals surface area contributed by atoms with Gasteiger partial charge < -0.3 is 19.4 Å².